The first-order chi connectivity index (χ1) is 8.10. The van der Waals surface area contributed by atoms with Gasteiger partial charge in [-0.05, 0) is 26.5 Å². The van der Waals surface area contributed by atoms with Crippen LogP contribution in [0.15, 0.2) is 16.7 Å². The molecule has 0 aromatic carbocycles. The van der Waals surface area contributed by atoms with Gasteiger partial charge in [-0.3, -0.25) is 15.1 Å². The zero-order valence-corrected chi connectivity index (χ0v) is 10.7. The second kappa shape index (κ2) is 6.42. The van der Waals surface area contributed by atoms with E-state index in [0.717, 1.165) is 18.4 Å². The minimum atomic E-state index is -0.387. The fraction of sp³-hybridized carbons (Fsp3) is 0.583. The summed E-state index contributed by atoms with van der Waals surface area (Å²) >= 11 is 0. The molecule has 1 atom stereocenters. The van der Waals surface area contributed by atoms with Crippen molar-refractivity contribution >= 4 is 5.91 Å². The molecular weight excluding hydrogens is 218 g/mol. The van der Waals surface area contributed by atoms with Crippen molar-refractivity contribution in [2.24, 2.45) is 5.84 Å². The number of amides is 1. The third kappa shape index (κ3) is 3.57. The SMILES string of the molecule is CCCC(C)N(C)Cc1ccoc1C(=O)NN. The van der Waals surface area contributed by atoms with Crippen molar-refractivity contribution < 1.29 is 9.21 Å². The molecular formula is C12H21N3O2. The molecule has 0 aliphatic heterocycles. The first kappa shape index (κ1) is 13.7. The van der Waals surface area contributed by atoms with Gasteiger partial charge in [-0.2, -0.15) is 0 Å². The summed E-state index contributed by atoms with van der Waals surface area (Å²) in [6.45, 7) is 5.02. The second-order valence-corrected chi connectivity index (χ2v) is 4.30. The van der Waals surface area contributed by atoms with Crippen molar-refractivity contribution in [3.05, 3.63) is 23.7 Å². The molecule has 1 aromatic rings. The molecule has 1 rings (SSSR count). The number of nitrogens with zero attached hydrogens (tertiary/aromatic N) is 1. The Labute approximate surface area is 102 Å². The maximum atomic E-state index is 11.4. The van der Waals surface area contributed by atoms with Gasteiger partial charge in [-0.15, -0.1) is 0 Å². The van der Waals surface area contributed by atoms with Crippen molar-refractivity contribution in [1.29, 1.82) is 0 Å². The molecule has 3 N–H and O–H groups in total. The van der Waals surface area contributed by atoms with Crippen LogP contribution < -0.4 is 11.3 Å². The zero-order valence-electron chi connectivity index (χ0n) is 10.7. The normalized spacial score (nSPS) is 12.8. The Kier molecular flexibility index (Phi) is 5.18. The summed E-state index contributed by atoms with van der Waals surface area (Å²) in [6, 6.07) is 2.28. The first-order valence-electron chi connectivity index (χ1n) is 5.87. The molecule has 0 saturated carbocycles. The molecule has 1 aromatic heterocycles. The van der Waals surface area contributed by atoms with Gasteiger partial charge < -0.3 is 4.42 Å². The van der Waals surface area contributed by atoms with E-state index in [9.17, 15) is 4.79 Å². The third-order valence-electron chi connectivity index (χ3n) is 2.96. The van der Waals surface area contributed by atoms with E-state index in [2.05, 4.69) is 24.2 Å². The van der Waals surface area contributed by atoms with Crippen LogP contribution in [0.2, 0.25) is 0 Å². The first-order valence-corrected chi connectivity index (χ1v) is 5.87. The molecule has 1 unspecified atom stereocenters. The van der Waals surface area contributed by atoms with Crippen LogP contribution in [0.3, 0.4) is 0 Å². The van der Waals surface area contributed by atoms with Gasteiger partial charge in [0.15, 0.2) is 5.76 Å². The summed E-state index contributed by atoms with van der Waals surface area (Å²) in [5, 5.41) is 0. The van der Waals surface area contributed by atoms with Crippen LogP contribution in [0.4, 0.5) is 0 Å². The maximum Gasteiger partial charge on any atom is 0.301 e. The fourth-order valence-electron chi connectivity index (χ4n) is 1.79. The standard InChI is InChI=1S/C12H21N3O2/c1-4-5-9(2)15(3)8-10-6-7-17-11(10)12(16)14-13/h6-7,9H,4-5,8,13H2,1-3H3,(H,14,16). The molecule has 1 heterocycles. The highest BCUT2D eigenvalue weighted by Crippen LogP contribution is 2.15. The maximum absolute atomic E-state index is 11.4. The van der Waals surface area contributed by atoms with Crippen LogP contribution in [-0.2, 0) is 6.54 Å². The molecule has 0 aliphatic rings. The lowest BCUT2D eigenvalue weighted by molar-refractivity contribution is 0.0922. The van der Waals surface area contributed by atoms with Crippen molar-refractivity contribution in [3.63, 3.8) is 0 Å². The van der Waals surface area contributed by atoms with E-state index in [-0.39, 0.29) is 5.91 Å². The van der Waals surface area contributed by atoms with E-state index in [1.807, 2.05) is 7.05 Å². The van der Waals surface area contributed by atoms with Gasteiger partial charge in [0, 0.05) is 18.2 Å². The average Bonchev–Trinajstić information content (AvgIpc) is 2.76. The lowest BCUT2D eigenvalue weighted by atomic mass is 10.1. The van der Waals surface area contributed by atoms with Crippen LogP contribution in [-0.4, -0.2) is 23.9 Å². The molecule has 0 spiro atoms. The molecule has 5 heteroatoms. The predicted octanol–water partition coefficient (Wildman–Crippen LogP) is 1.50. The number of nitrogen functional groups attached to an aromatic ring is 1. The molecule has 1 amide bonds. The summed E-state index contributed by atoms with van der Waals surface area (Å²) < 4.78 is 5.14. The van der Waals surface area contributed by atoms with Crippen LogP contribution in [0.25, 0.3) is 0 Å². The van der Waals surface area contributed by atoms with Gasteiger partial charge in [-0.1, -0.05) is 13.3 Å². The van der Waals surface area contributed by atoms with Crippen LogP contribution >= 0.6 is 0 Å². The van der Waals surface area contributed by atoms with Gasteiger partial charge in [0.25, 0.3) is 0 Å². The number of nitrogens with one attached hydrogen (secondary N) is 1. The minimum Gasteiger partial charge on any atom is -0.459 e. The summed E-state index contributed by atoms with van der Waals surface area (Å²) in [5.74, 6) is 5.00. The summed E-state index contributed by atoms with van der Waals surface area (Å²) in [7, 11) is 2.04. The highest BCUT2D eigenvalue weighted by atomic mass is 16.3. The Bertz CT molecular complexity index is 362. The topological polar surface area (TPSA) is 71.5 Å². The fourth-order valence-corrected chi connectivity index (χ4v) is 1.79. The number of nitrogens with two attached hydrogens (primary N) is 1. The number of carbonyl (C=O) groups is 1. The summed E-state index contributed by atoms with van der Waals surface area (Å²) in [6.07, 6.45) is 3.79. The van der Waals surface area contributed by atoms with Gasteiger partial charge >= 0.3 is 5.91 Å². The van der Waals surface area contributed by atoms with Gasteiger partial charge in [-0.25, -0.2) is 5.84 Å². The largest absolute Gasteiger partial charge is 0.459 e. The molecule has 96 valence electrons. The molecule has 17 heavy (non-hydrogen) atoms. The minimum absolute atomic E-state index is 0.294. The number of hydrogen-bond donors (Lipinski definition) is 2. The highest BCUT2D eigenvalue weighted by Gasteiger charge is 2.17. The number of carbonyl (C=O) groups excluding carboxylic acids is 1. The van der Waals surface area contributed by atoms with Gasteiger partial charge in [0.2, 0.25) is 0 Å². The lowest BCUT2D eigenvalue weighted by Crippen LogP contribution is -2.32. The van der Waals surface area contributed by atoms with Crippen LogP contribution in [0.5, 0.6) is 0 Å². The zero-order chi connectivity index (χ0) is 12.8. The highest BCUT2D eigenvalue weighted by molar-refractivity contribution is 5.92. The second-order valence-electron chi connectivity index (χ2n) is 4.30. The molecule has 5 nitrogen and oxygen atoms in total. The third-order valence-corrected chi connectivity index (χ3v) is 2.96. The van der Waals surface area contributed by atoms with Crippen molar-refractivity contribution in [3.8, 4) is 0 Å². The number of hydrogen-bond acceptors (Lipinski definition) is 4. The Morgan fingerprint density at radius 1 is 1.65 bits per heavy atom. The summed E-state index contributed by atoms with van der Waals surface area (Å²) in [4.78, 5) is 13.6. The average molecular weight is 239 g/mol. The number of furan rings is 1. The van der Waals surface area contributed by atoms with Crippen LogP contribution in [0.1, 0.15) is 42.8 Å². The number of hydrazine groups is 1. The van der Waals surface area contributed by atoms with Crippen molar-refractivity contribution in [2.75, 3.05) is 7.05 Å². The van der Waals surface area contributed by atoms with Crippen LogP contribution in [0, 0.1) is 0 Å². The Hall–Kier alpha value is -1.33. The number of rotatable bonds is 6. The predicted molar refractivity (Wildman–Crippen MR) is 66.2 cm³/mol. The molecule has 0 saturated heterocycles. The van der Waals surface area contributed by atoms with E-state index in [4.69, 9.17) is 10.3 Å². The van der Waals surface area contributed by atoms with Crippen molar-refractivity contribution in [1.82, 2.24) is 10.3 Å². The van der Waals surface area contributed by atoms with Gasteiger partial charge in [0.1, 0.15) is 0 Å². The quantitative estimate of drug-likeness (QED) is 0.448. The van der Waals surface area contributed by atoms with E-state index < -0.39 is 0 Å². The summed E-state index contributed by atoms with van der Waals surface area (Å²) in [5.41, 5.74) is 2.94. The van der Waals surface area contributed by atoms with E-state index in [1.165, 1.54) is 6.26 Å². The van der Waals surface area contributed by atoms with E-state index >= 15 is 0 Å². The molecule has 0 bridgehead atoms. The Morgan fingerprint density at radius 2 is 2.35 bits per heavy atom. The molecule has 0 radical (unpaired) electrons. The smallest absolute Gasteiger partial charge is 0.301 e. The monoisotopic (exact) mass is 239 g/mol. The van der Waals surface area contributed by atoms with Gasteiger partial charge in [0.05, 0.1) is 6.26 Å². The van der Waals surface area contributed by atoms with E-state index in [1.54, 1.807) is 6.07 Å². The Balaban J connectivity index is 2.68. The molecule has 0 fully saturated rings. The Morgan fingerprint density at radius 3 is 2.94 bits per heavy atom. The lowest BCUT2D eigenvalue weighted by Gasteiger charge is -2.23. The van der Waals surface area contributed by atoms with Crippen molar-refractivity contribution in [2.45, 2.75) is 39.3 Å². The molecule has 0 aliphatic carbocycles. The van der Waals surface area contributed by atoms with E-state index in [0.29, 0.717) is 18.3 Å².